The summed E-state index contributed by atoms with van der Waals surface area (Å²) < 4.78 is 54.2. The smallest absolute Gasteiger partial charge is 0.257 e. The van der Waals surface area contributed by atoms with E-state index in [1.807, 2.05) is 0 Å². The molecule has 0 aromatic heterocycles. The van der Waals surface area contributed by atoms with Crippen molar-refractivity contribution in [1.29, 1.82) is 0 Å². The van der Waals surface area contributed by atoms with Crippen molar-refractivity contribution in [2.75, 3.05) is 27.2 Å². The van der Waals surface area contributed by atoms with Crippen molar-refractivity contribution in [3.05, 3.63) is 39.3 Å². The molecule has 1 aromatic carbocycles. The monoisotopic (exact) mass is 305 g/mol. The molecule has 0 atom stereocenters. The maximum atomic E-state index is 13.6. The second kappa shape index (κ2) is 6.91. The summed E-state index contributed by atoms with van der Waals surface area (Å²) in [6, 6.07) is 0. The van der Waals surface area contributed by atoms with Gasteiger partial charge in [-0.2, -0.15) is 0 Å². The van der Waals surface area contributed by atoms with Gasteiger partial charge in [-0.25, -0.2) is 17.6 Å². The van der Waals surface area contributed by atoms with E-state index < -0.39 is 40.4 Å². The Morgan fingerprint density at radius 1 is 1.19 bits per heavy atom. The zero-order valence-corrected chi connectivity index (χ0v) is 11.1. The Bertz CT molecular complexity index is 584. The quantitative estimate of drug-likeness (QED) is 0.298. The highest BCUT2D eigenvalue weighted by Gasteiger charge is 2.28. The van der Waals surface area contributed by atoms with Crippen LogP contribution in [-0.4, -0.2) is 38.0 Å². The lowest BCUT2D eigenvalue weighted by Crippen LogP contribution is -2.32. The van der Waals surface area contributed by atoms with Crippen molar-refractivity contribution >= 4 is 11.6 Å². The summed E-state index contributed by atoms with van der Waals surface area (Å²) in [6.07, 6.45) is 0. The molecule has 0 aliphatic carbocycles. The first-order chi connectivity index (χ1) is 9.81. The molecule has 0 fully saturated rings. The van der Waals surface area contributed by atoms with E-state index >= 15 is 0 Å². The number of hydrogen-bond donors (Lipinski definition) is 1. The minimum atomic E-state index is -1.93. The van der Waals surface area contributed by atoms with Gasteiger partial charge in [-0.05, 0) is 19.6 Å². The Hall–Kier alpha value is -2.32. The molecule has 1 aromatic rings. The Morgan fingerprint density at radius 3 is 2.14 bits per heavy atom. The zero-order valence-electron chi connectivity index (χ0n) is 11.1. The van der Waals surface area contributed by atoms with Crippen molar-refractivity contribution in [1.82, 2.24) is 10.2 Å². The Morgan fingerprint density at radius 2 is 1.71 bits per heavy atom. The van der Waals surface area contributed by atoms with Gasteiger partial charge in [-0.15, -0.1) is 0 Å². The van der Waals surface area contributed by atoms with Gasteiger partial charge in [0.1, 0.15) is 11.3 Å². The van der Waals surface area contributed by atoms with Gasteiger partial charge < -0.3 is 10.2 Å². The Labute approximate surface area is 117 Å². The first-order valence-electron chi connectivity index (χ1n) is 5.65. The molecule has 0 unspecified atom stereocenters. The minimum absolute atomic E-state index is 0.0199. The summed E-state index contributed by atoms with van der Waals surface area (Å²) in [6.45, 7) is 0.378. The van der Waals surface area contributed by atoms with Crippen molar-refractivity contribution < 1.29 is 22.4 Å². The fraction of sp³-hybridized carbons (Fsp3) is 0.364. The highest BCUT2D eigenvalue weighted by molar-refractivity contribution is 5.95. The molecule has 0 heterocycles. The molecule has 1 N–H and O–H groups in total. The lowest BCUT2D eigenvalue weighted by Gasteiger charge is -2.12. The van der Waals surface area contributed by atoms with Crippen molar-refractivity contribution in [2.45, 2.75) is 0 Å². The van der Waals surface area contributed by atoms with Crippen molar-refractivity contribution in [3.8, 4) is 0 Å². The molecule has 0 radical (unpaired) electrons. The average Bonchev–Trinajstić information content (AvgIpc) is 2.41. The van der Waals surface area contributed by atoms with Crippen LogP contribution in [0.15, 0.2) is 5.11 Å². The zero-order chi connectivity index (χ0) is 16.2. The topological polar surface area (TPSA) is 81.1 Å². The average molecular weight is 305 g/mol. The van der Waals surface area contributed by atoms with E-state index in [2.05, 4.69) is 15.3 Å². The Balaban J connectivity index is 3.20. The molecule has 114 valence electrons. The lowest BCUT2D eigenvalue weighted by atomic mass is 10.1. The first-order valence-corrected chi connectivity index (χ1v) is 5.65. The fourth-order valence-corrected chi connectivity index (χ4v) is 1.43. The second-order valence-corrected chi connectivity index (χ2v) is 4.23. The van der Waals surface area contributed by atoms with Crippen molar-refractivity contribution in [3.63, 3.8) is 0 Å². The molecule has 1 rings (SSSR count). The number of nitrogens with one attached hydrogen (secondary N) is 1. The molecule has 21 heavy (non-hydrogen) atoms. The summed E-state index contributed by atoms with van der Waals surface area (Å²) in [5, 5.41) is 4.65. The predicted octanol–water partition coefficient (Wildman–Crippen LogP) is 2.48. The summed E-state index contributed by atoms with van der Waals surface area (Å²) in [5.74, 6) is -9.00. The molecule has 1 amide bonds. The fourth-order valence-electron chi connectivity index (χ4n) is 1.43. The van der Waals surface area contributed by atoms with Gasteiger partial charge in [0.05, 0.1) is 0 Å². The second-order valence-electron chi connectivity index (χ2n) is 4.23. The summed E-state index contributed by atoms with van der Waals surface area (Å²) in [7, 11) is 3.39. The van der Waals surface area contributed by atoms with Gasteiger partial charge in [0.25, 0.3) is 5.91 Å². The van der Waals surface area contributed by atoms with Gasteiger partial charge in [0.2, 0.25) is 0 Å². The van der Waals surface area contributed by atoms with Crippen LogP contribution in [0.25, 0.3) is 10.4 Å². The number of halogens is 4. The maximum Gasteiger partial charge on any atom is 0.257 e. The van der Waals surface area contributed by atoms with E-state index in [1.165, 1.54) is 0 Å². The van der Waals surface area contributed by atoms with Crippen LogP contribution in [0.5, 0.6) is 0 Å². The van der Waals surface area contributed by atoms with Gasteiger partial charge in [-0.1, -0.05) is 5.11 Å². The number of amides is 1. The number of hydrogen-bond acceptors (Lipinski definition) is 3. The minimum Gasteiger partial charge on any atom is -0.351 e. The summed E-state index contributed by atoms with van der Waals surface area (Å²) in [5.41, 5.74) is 5.23. The Kier molecular flexibility index (Phi) is 5.51. The number of likely N-dealkylation sites (N-methyl/N-ethyl adjacent to an activating group) is 1. The molecule has 0 saturated heterocycles. The molecule has 0 aliphatic heterocycles. The third-order valence-corrected chi connectivity index (χ3v) is 2.46. The molecule has 10 heteroatoms. The maximum absolute atomic E-state index is 13.6. The van der Waals surface area contributed by atoms with E-state index in [-0.39, 0.29) is 6.54 Å². The van der Waals surface area contributed by atoms with Gasteiger partial charge in [-0.3, -0.25) is 4.79 Å². The van der Waals surface area contributed by atoms with Crippen LogP contribution in [0.3, 0.4) is 0 Å². The van der Waals surface area contributed by atoms with Crippen LogP contribution in [-0.2, 0) is 0 Å². The van der Waals surface area contributed by atoms with Crippen LogP contribution in [0.2, 0.25) is 0 Å². The van der Waals surface area contributed by atoms with E-state index in [9.17, 15) is 22.4 Å². The van der Waals surface area contributed by atoms with Gasteiger partial charge in [0.15, 0.2) is 23.3 Å². The number of azide groups is 1. The number of carbonyl (C=O) groups is 1. The molecular weight excluding hydrogens is 294 g/mol. The third-order valence-electron chi connectivity index (χ3n) is 2.46. The molecule has 0 spiro atoms. The molecule has 6 nitrogen and oxygen atoms in total. The van der Waals surface area contributed by atoms with E-state index in [1.54, 1.807) is 19.0 Å². The van der Waals surface area contributed by atoms with E-state index in [4.69, 9.17) is 5.53 Å². The molecule has 0 bridgehead atoms. The number of nitrogens with zero attached hydrogens (tertiary/aromatic N) is 4. The van der Waals surface area contributed by atoms with E-state index in [0.29, 0.717) is 6.54 Å². The standard InChI is InChI=1S/C11H11F4N5O/c1-20(2)4-3-17-11(21)5-6(12)8(14)10(18-19-16)9(15)7(5)13/h3-4H2,1-2H3,(H,17,21). The van der Waals surface area contributed by atoms with Crippen LogP contribution >= 0.6 is 0 Å². The highest BCUT2D eigenvalue weighted by atomic mass is 19.2. The number of benzene rings is 1. The molecule has 0 saturated carbocycles. The SMILES string of the molecule is CN(C)CCNC(=O)c1c(F)c(F)c(N=[N+]=[N-])c(F)c1F. The lowest BCUT2D eigenvalue weighted by molar-refractivity contribution is 0.0940. The predicted molar refractivity (Wildman–Crippen MR) is 66.0 cm³/mol. The summed E-state index contributed by atoms with van der Waals surface area (Å²) >= 11 is 0. The third kappa shape index (κ3) is 3.61. The summed E-state index contributed by atoms with van der Waals surface area (Å²) in [4.78, 5) is 15.3. The molecule has 0 aliphatic rings. The van der Waals surface area contributed by atoms with Crippen LogP contribution < -0.4 is 5.32 Å². The molecular formula is C11H11F4N5O. The van der Waals surface area contributed by atoms with Crippen LogP contribution in [0.4, 0.5) is 23.2 Å². The number of carbonyl (C=O) groups excluding carboxylic acids is 1. The van der Waals surface area contributed by atoms with Crippen LogP contribution in [0.1, 0.15) is 10.4 Å². The van der Waals surface area contributed by atoms with E-state index in [0.717, 1.165) is 0 Å². The van der Waals surface area contributed by atoms with Gasteiger partial charge in [0, 0.05) is 18.0 Å². The first kappa shape index (κ1) is 16.7. The highest BCUT2D eigenvalue weighted by Crippen LogP contribution is 2.30. The van der Waals surface area contributed by atoms with Gasteiger partial charge >= 0.3 is 0 Å². The normalized spacial score (nSPS) is 10.4. The number of rotatable bonds is 5. The van der Waals surface area contributed by atoms with Crippen LogP contribution in [0, 0.1) is 23.3 Å². The van der Waals surface area contributed by atoms with Crippen molar-refractivity contribution in [2.24, 2.45) is 5.11 Å². The largest absolute Gasteiger partial charge is 0.351 e.